The second-order valence-electron chi connectivity index (χ2n) is 4.59. The summed E-state index contributed by atoms with van der Waals surface area (Å²) in [5, 5.41) is 9.59. The maximum absolute atomic E-state index is 11.6. The first-order valence-corrected chi connectivity index (χ1v) is 6.20. The largest absolute Gasteiger partial charge is 0.361 e. The lowest BCUT2D eigenvalue weighted by Crippen LogP contribution is -2.42. The van der Waals surface area contributed by atoms with Crippen LogP contribution in [0.15, 0.2) is 10.6 Å². The number of nitrogens with zero attached hydrogens (tertiary/aromatic N) is 1. The number of carbonyl (C=O) groups is 1. The number of hydrogen-bond acceptors (Lipinski definition) is 3. The molecule has 0 spiro atoms. The summed E-state index contributed by atoms with van der Waals surface area (Å²) in [7, 11) is 0. The van der Waals surface area contributed by atoms with Gasteiger partial charge < -0.3 is 15.2 Å². The van der Waals surface area contributed by atoms with Crippen LogP contribution in [0.1, 0.15) is 43.6 Å². The van der Waals surface area contributed by atoms with Crippen molar-refractivity contribution in [3.8, 4) is 0 Å². The third-order valence-corrected chi connectivity index (χ3v) is 3.05. The molecule has 17 heavy (non-hydrogen) atoms. The highest BCUT2D eigenvalue weighted by Gasteiger charge is 2.15. The van der Waals surface area contributed by atoms with Gasteiger partial charge in [-0.1, -0.05) is 24.4 Å². The number of aromatic nitrogens is 1. The average Bonchev–Trinajstić information content (AvgIpc) is 2.74. The first kappa shape index (κ1) is 12.0. The van der Waals surface area contributed by atoms with Crippen LogP contribution in [0.5, 0.6) is 0 Å². The highest BCUT2D eigenvalue weighted by Crippen LogP contribution is 2.17. The number of carbonyl (C=O) groups excluding carboxylic acids is 1. The number of hydrogen-bond donors (Lipinski definition) is 2. The van der Waals surface area contributed by atoms with Crippen molar-refractivity contribution < 1.29 is 9.32 Å². The molecular weight excluding hydrogens is 218 g/mol. The molecule has 94 valence electrons. The van der Waals surface area contributed by atoms with Gasteiger partial charge in [-0.15, -0.1) is 0 Å². The van der Waals surface area contributed by atoms with Gasteiger partial charge >= 0.3 is 6.03 Å². The predicted octanol–water partition coefficient (Wildman–Crippen LogP) is 2.11. The van der Waals surface area contributed by atoms with Crippen LogP contribution >= 0.6 is 0 Å². The fraction of sp³-hybridized carbons (Fsp3) is 0.667. The Bertz CT molecular complexity index is 370. The third kappa shape index (κ3) is 3.76. The van der Waals surface area contributed by atoms with Crippen molar-refractivity contribution in [1.82, 2.24) is 15.8 Å². The fourth-order valence-electron chi connectivity index (χ4n) is 2.16. The van der Waals surface area contributed by atoms with Gasteiger partial charge in [-0.2, -0.15) is 0 Å². The third-order valence-electron chi connectivity index (χ3n) is 3.05. The molecule has 5 heteroatoms. The maximum Gasteiger partial charge on any atom is 0.315 e. The van der Waals surface area contributed by atoms with E-state index >= 15 is 0 Å². The Morgan fingerprint density at radius 1 is 1.47 bits per heavy atom. The summed E-state index contributed by atoms with van der Waals surface area (Å²) < 4.78 is 4.93. The van der Waals surface area contributed by atoms with E-state index in [9.17, 15) is 4.79 Å². The molecule has 0 bridgehead atoms. The van der Waals surface area contributed by atoms with Crippen LogP contribution in [0.25, 0.3) is 0 Å². The summed E-state index contributed by atoms with van der Waals surface area (Å²) in [4.78, 5) is 11.6. The second-order valence-corrected chi connectivity index (χ2v) is 4.59. The number of urea groups is 1. The Labute approximate surface area is 101 Å². The number of aryl methyl sites for hydroxylation is 1. The van der Waals surface area contributed by atoms with E-state index in [1.807, 2.05) is 13.0 Å². The molecule has 1 fully saturated rings. The molecule has 5 nitrogen and oxygen atoms in total. The Morgan fingerprint density at radius 2 is 2.24 bits per heavy atom. The monoisotopic (exact) mass is 237 g/mol. The minimum atomic E-state index is -0.113. The van der Waals surface area contributed by atoms with E-state index in [1.54, 1.807) is 0 Å². The molecule has 0 atom stereocenters. The molecule has 2 rings (SSSR count). The van der Waals surface area contributed by atoms with Crippen molar-refractivity contribution in [2.24, 2.45) is 0 Å². The van der Waals surface area contributed by atoms with E-state index in [2.05, 4.69) is 15.8 Å². The summed E-state index contributed by atoms with van der Waals surface area (Å²) in [5.74, 6) is 0.759. The lowest BCUT2D eigenvalue weighted by molar-refractivity contribution is 0.232. The average molecular weight is 237 g/mol. The van der Waals surface area contributed by atoms with Crippen LogP contribution in [-0.2, 0) is 6.54 Å². The standard InChI is InChI=1S/C12H19N3O2/c1-9-7-11(15-17-9)8-13-12(16)14-10-5-3-2-4-6-10/h7,10H,2-6,8H2,1H3,(H2,13,14,16). The highest BCUT2D eigenvalue weighted by molar-refractivity contribution is 5.74. The lowest BCUT2D eigenvalue weighted by atomic mass is 9.96. The van der Waals surface area contributed by atoms with Gasteiger partial charge in [0.25, 0.3) is 0 Å². The topological polar surface area (TPSA) is 67.2 Å². The van der Waals surface area contributed by atoms with E-state index in [-0.39, 0.29) is 6.03 Å². The van der Waals surface area contributed by atoms with E-state index in [0.29, 0.717) is 12.6 Å². The van der Waals surface area contributed by atoms with Gasteiger partial charge in [0.2, 0.25) is 0 Å². The molecule has 1 aromatic rings. The van der Waals surface area contributed by atoms with E-state index in [0.717, 1.165) is 24.3 Å². The van der Waals surface area contributed by atoms with Crippen LogP contribution in [0.2, 0.25) is 0 Å². The van der Waals surface area contributed by atoms with E-state index in [1.165, 1.54) is 19.3 Å². The number of rotatable bonds is 3. The molecule has 1 saturated carbocycles. The number of amides is 2. The molecule has 1 heterocycles. The zero-order valence-corrected chi connectivity index (χ0v) is 10.2. The SMILES string of the molecule is Cc1cc(CNC(=O)NC2CCCCC2)no1. The van der Waals surface area contributed by atoms with Crippen molar-refractivity contribution >= 4 is 6.03 Å². The van der Waals surface area contributed by atoms with Gasteiger partial charge in [-0.25, -0.2) is 4.79 Å². The first-order valence-electron chi connectivity index (χ1n) is 6.20. The van der Waals surface area contributed by atoms with Gasteiger partial charge in [0.15, 0.2) is 0 Å². The van der Waals surface area contributed by atoms with Crippen molar-refractivity contribution in [2.45, 2.75) is 51.6 Å². The summed E-state index contributed by atoms with van der Waals surface area (Å²) in [6, 6.07) is 2.04. The second kappa shape index (κ2) is 5.70. The van der Waals surface area contributed by atoms with Gasteiger partial charge in [0, 0.05) is 12.1 Å². The highest BCUT2D eigenvalue weighted by atomic mass is 16.5. The van der Waals surface area contributed by atoms with Crippen LogP contribution in [0.3, 0.4) is 0 Å². The van der Waals surface area contributed by atoms with Gasteiger partial charge in [0.1, 0.15) is 11.5 Å². The van der Waals surface area contributed by atoms with Crippen LogP contribution in [0, 0.1) is 6.92 Å². The van der Waals surface area contributed by atoms with Crippen molar-refractivity contribution in [1.29, 1.82) is 0 Å². The molecule has 1 aliphatic carbocycles. The minimum absolute atomic E-state index is 0.113. The molecule has 2 amide bonds. The summed E-state index contributed by atoms with van der Waals surface area (Å²) in [5.41, 5.74) is 0.751. The molecule has 0 aromatic carbocycles. The van der Waals surface area contributed by atoms with Crippen LogP contribution < -0.4 is 10.6 Å². The first-order chi connectivity index (χ1) is 8.24. The minimum Gasteiger partial charge on any atom is -0.361 e. The summed E-state index contributed by atoms with van der Waals surface area (Å²) in [6.45, 7) is 2.24. The van der Waals surface area contributed by atoms with Gasteiger partial charge in [0.05, 0.1) is 6.54 Å². The molecule has 1 aromatic heterocycles. The summed E-state index contributed by atoms with van der Waals surface area (Å²) >= 11 is 0. The van der Waals surface area contributed by atoms with Gasteiger partial charge in [-0.3, -0.25) is 0 Å². The molecule has 0 aliphatic heterocycles. The van der Waals surface area contributed by atoms with Crippen molar-refractivity contribution in [2.75, 3.05) is 0 Å². The molecule has 1 aliphatic rings. The normalized spacial score (nSPS) is 16.8. The van der Waals surface area contributed by atoms with Crippen molar-refractivity contribution in [3.05, 3.63) is 17.5 Å². The molecule has 2 N–H and O–H groups in total. The van der Waals surface area contributed by atoms with Crippen LogP contribution in [-0.4, -0.2) is 17.2 Å². The fourth-order valence-corrected chi connectivity index (χ4v) is 2.16. The Hall–Kier alpha value is -1.52. The molecule has 0 radical (unpaired) electrons. The zero-order chi connectivity index (χ0) is 12.1. The zero-order valence-electron chi connectivity index (χ0n) is 10.2. The van der Waals surface area contributed by atoms with Gasteiger partial charge in [-0.05, 0) is 19.8 Å². The predicted molar refractivity (Wildman–Crippen MR) is 63.5 cm³/mol. The van der Waals surface area contributed by atoms with E-state index in [4.69, 9.17) is 4.52 Å². The van der Waals surface area contributed by atoms with Crippen LogP contribution in [0.4, 0.5) is 4.79 Å². The number of nitrogens with one attached hydrogen (secondary N) is 2. The smallest absolute Gasteiger partial charge is 0.315 e. The Balaban J connectivity index is 1.70. The lowest BCUT2D eigenvalue weighted by Gasteiger charge is -2.22. The maximum atomic E-state index is 11.6. The molecule has 0 saturated heterocycles. The summed E-state index contributed by atoms with van der Waals surface area (Å²) in [6.07, 6.45) is 5.91. The Kier molecular flexibility index (Phi) is 4.01. The quantitative estimate of drug-likeness (QED) is 0.846. The molecular formula is C12H19N3O2. The van der Waals surface area contributed by atoms with E-state index < -0.39 is 0 Å². The Morgan fingerprint density at radius 3 is 2.88 bits per heavy atom. The molecule has 0 unspecified atom stereocenters. The van der Waals surface area contributed by atoms with Crippen molar-refractivity contribution in [3.63, 3.8) is 0 Å².